The van der Waals surface area contributed by atoms with Gasteiger partial charge < -0.3 is 10.8 Å². The second kappa shape index (κ2) is 7.51. The number of amides is 1. The minimum absolute atomic E-state index is 0.0478. The van der Waals surface area contributed by atoms with Gasteiger partial charge in [0.15, 0.2) is 5.82 Å². The molecule has 0 aliphatic rings. The van der Waals surface area contributed by atoms with E-state index in [1.165, 1.54) is 20.2 Å². The van der Waals surface area contributed by atoms with Crippen molar-refractivity contribution in [3.05, 3.63) is 82.8 Å². The first-order chi connectivity index (χ1) is 14.5. The number of para-hydroxylation sites is 2. The Morgan fingerprint density at radius 3 is 2.10 bits per heavy atom. The van der Waals surface area contributed by atoms with Crippen LogP contribution in [0.2, 0.25) is 0 Å². The molecule has 0 unspecified atom stereocenters. The molecule has 2 aromatic heterocycles. The van der Waals surface area contributed by atoms with Gasteiger partial charge in [0.2, 0.25) is 11.6 Å². The zero-order valence-corrected chi connectivity index (χ0v) is 15.9. The van der Waals surface area contributed by atoms with Gasteiger partial charge in [0, 0.05) is 7.05 Å². The van der Waals surface area contributed by atoms with Crippen LogP contribution in [0.5, 0.6) is 5.88 Å². The number of aromatic nitrogens is 4. The van der Waals surface area contributed by atoms with Crippen LogP contribution in [-0.2, 0) is 7.05 Å². The summed E-state index contributed by atoms with van der Waals surface area (Å²) in [5.41, 5.74) is 5.57. The van der Waals surface area contributed by atoms with Crippen molar-refractivity contribution in [3.63, 3.8) is 0 Å². The molecule has 10 nitrogen and oxygen atoms in total. The third-order valence-corrected chi connectivity index (χ3v) is 4.43. The zero-order chi connectivity index (χ0) is 21.3. The van der Waals surface area contributed by atoms with Crippen molar-refractivity contribution in [2.75, 3.05) is 0 Å². The number of aromatic hydroxyl groups is 1. The van der Waals surface area contributed by atoms with E-state index >= 15 is 0 Å². The molecule has 0 saturated heterocycles. The molecule has 0 saturated carbocycles. The number of nitrogens with zero attached hydrogens (tertiary/aromatic N) is 6. The molecule has 0 spiro atoms. The Bertz CT molecular complexity index is 1300. The number of aryl methyl sites for hydroxylation is 1. The predicted octanol–water partition coefficient (Wildman–Crippen LogP) is 2.58. The van der Waals surface area contributed by atoms with E-state index in [9.17, 15) is 14.7 Å². The van der Waals surface area contributed by atoms with E-state index in [2.05, 4.69) is 15.3 Å². The van der Waals surface area contributed by atoms with E-state index in [0.717, 1.165) is 0 Å². The fraction of sp³-hybridized carbons (Fsp3) is 0.0500. The van der Waals surface area contributed by atoms with E-state index < -0.39 is 17.3 Å². The van der Waals surface area contributed by atoms with Gasteiger partial charge >= 0.3 is 5.56 Å². The number of hydrogen-bond donors (Lipinski definition) is 2. The summed E-state index contributed by atoms with van der Waals surface area (Å²) in [5, 5.41) is 22.7. The Morgan fingerprint density at radius 2 is 1.53 bits per heavy atom. The molecule has 4 rings (SSSR count). The highest BCUT2D eigenvalue weighted by Gasteiger charge is 2.22. The third-order valence-electron chi connectivity index (χ3n) is 4.43. The van der Waals surface area contributed by atoms with Crippen molar-refractivity contribution in [1.82, 2.24) is 19.1 Å². The molecular weight excluding hydrogens is 386 g/mol. The van der Waals surface area contributed by atoms with Crippen molar-refractivity contribution < 1.29 is 9.90 Å². The molecule has 0 aliphatic heterocycles. The molecule has 0 radical (unpaired) electrons. The fourth-order valence-corrected chi connectivity index (χ4v) is 3.00. The van der Waals surface area contributed by atoms with Crippen LogP contribution < -0.4 is 11.3 Å². The van der Waals surface area contributed by atoms with E-state index in [1.54, 1.807) is 55.6 Å². The van der Waals surface area contributed by atoms with Crippen molar-refractivity contribution in [3.8, 4) is 17.3 Å². The summed E-state index contributed by atoms with van der Waals surface area (Å²) in [4.78, 5) is 24.7. The maximum Gasteiger partial charge on any atom is 0.303 e. The minimum atomic E-state index is -0.732. The average Bonchev–Trinajstić information content (AvgIpc) is 3.24. The molecule has 2 aromatic carbocycles. The summed E-state index contributed by atoms with van der Waals surface area (Å²) in [6, 6.07) is 17.7. The molecule has 4 aromatic rings. The second-order valence-electron chi connectivity index (χ2n) is 6.34. The van der Waals surface area contributed by atoms with Crippen LogP contribution in [0.4, 0.5) is 11.5 Å². The van der Waals surface area contributed by atoms with Gasteiger partial charge in [-0.05, 0) is 24.3 Å². The largest absolute Gasteiger partial charge is 0.492 e. The van der Waals surface area contributed by atoms with Gasteiger partial charge in [0.25, 0.3) is 5.91 Å². The lowest BCUT2D eigenvalue weighted by Crippen LogP contribution is -2.20. The molecule has 30 heavy (non-hydrogen) atoms. The summed E-state index contributed by atoms with van der Waals surface area (Å²) < 4.78 is 3.92. The number of primary amides is 1. The minimum Gasteiger partial charge on any atom is -0.492 e. The van der Waals surface area contributed by atoms with E-state index in [1.807, 2.05) is 12.1 Å². The van der Waals surface area contributed by atoms with Crippen LogP contribution in [-0.4, -0.2) is 30.2 Å². The predicted molar refractivity (Wildman–Crippen MR) is 109 cm³/mol. The lowest BCUT2D eigenvalue weighted by atomic mass is 10.3. The first kappa shape index (κ1) is 18.9. The van der Waals surface area contributed by atoms with Gasteiger partial charge in [-0.25, -0.2) is 14.0 Å². The van der Waals surface area contributed by atoms with E-state index in [0.29, 0.717) is 11.4 Å². The molecule has 0 atom stereocenters. The fourth-order valence-electron chi connectivity index (χ4n) is 3.00. The molecule has 0 bridgehead atoms. The lowest BCUT2D eigenvalue weighted by molar-refractivity contribution is 0.100. The van der Waals surface area contributed by atoms with Crippen molar-refractivity contribution >= 4 is 17.4 Å². The first-order valence-electron chi connectivity index (χ1n) is 8.90. The van der Waals surface area contributed by atoms with Gasteiger partial charge in [0.1, 0.15) is 5.56 Å². The monoisotopic (exact) mass is 403 g/mol. The standard InChI is InChI=1S/C20H17N7O3/c1-25-18(15(12-22-25)17(21)28)24-23-16-19(29)26(13-8-4-2-5-9-13)27(20(16)30)14-10-6-3-7-11-14/h2-12,29H,1H3,(H2,21,28). The van der Waals surface area contributed by atoms with Crippen LogP contribution in [0, 0.1) is 0 Å². The molecule has 0 fully saturated rings. The number of rotatable bonds is 5. The number of carbonyl (C=O) groups is 1. The van der Waals surface area contributed by atoms with Crippen LogP contribution >= 0.6 is 0 Å². The molecule has 3 N–H and O–H groups in total. The number of carbonyl (C=O) groups excluding carboxylic acids is 1. The molecule has 1 amide bonds. The summed E-state index contributed by atoms with van der Waals surface area (Å²) in [7, 11) is 1.55. The molecule has 10 heteroatoms. The summed E-state index contributed by atoms with van der Waals surface area (Å²) in [6.45, 7) is 0. The van der Waals surface area contributed by atoms with Gasteiger partial charge in [-0.3, -0.25) is 9.59 Å². The number of azo groups is 1. The SMILES string of the molecule is Cn1ncc(C(N)=O)c1N=Nc1c(O)n(-c2ccccc2)n(-c2ccccc2)c1=O. The van der Waals surface area contributed by atoms with Crippen molar-refractivity contribution in [1.29, 1.82) is 0 Å². The van der Waals surface area contributed by atoms with Gasteiger partial charge in [-0.2, -0.15) is 5.10 Å². The smallest absolute Gasteiger partial charge is 0.303 e. The molecule has 150 valence electrons. The highest BCUT2D eigenvalue weighted by atomic mass is 16.3. The van der Waals surface area contributed by atoms with Crippen LogP contribution in [0.15, 0.2) is 81.9 Å². The van der Waals surface area contributed by atoms with Crippen LogP contribution in [0.1, 0.15) is 10.4 Å². The lowest BCUT2D eigenvalue weighted by Gasteiger charge is -2.12. The van der Waals surface area contributed by atoms with Gasteiger partial charge in [0.05, 0.1) is 17.6 Å². The summed E-state index contributed by atoms with van der Waals surface area (Å²) in [6.07, 6.45) is 1.26. The van der Waals surface area contributed by atoms with E-state index in [4.69, 9.17) is 5.73 Å². The molecule has 0 aliphatic carbocycles. The van der Waals surface area contributed by atoms with E-state index in [-0.39, 0.29) is 17.1 Å². The summed E-state index contributed by atoms with van der Waals surface area (Å²) in [5.74, 6) is -1.06. The topological polar surface area (TPSA) is 133 Å². The third kappa shape index (κ3) is 3.15. The van der Waals surface area contributed by atoms with Crippen molar-refractivity contribution in [2.45, 2.75) is 0 Å². The Balaban J connectivity index is 1.93. The Hall–Kier alpha value is -4.47. The summed E-state index contributed by atoms with van der Waals surface area (Å²) >= 11 is 0. The van der Waals surface area contributed by atoms with Crippen LogP contribution in [0.3, 0.4) is 0 Å². The van der Waals surface area contributed by atoms with Crippen molar-refractivity contribution in [2.24, 2.45) is 23.0 Å². The number of benzene rings is 2. The number of hydrogen-bond acceptors (Lipinski definition) is 6. The van der Waals surface area contributed by atoms with Crippen LogP contribution in [0.25, 0.3) is 11.4 Å². The highest BCUT2D eigenvalue weighted by Crippen LogP contribution is 2.30. The normalized spacial score (nSPS) is 11.2. The zero-order valence-electron chi connectivity index (χ0n) is 15.9. The Labute approximate surface area is 170 Å². The quantitative estimate of drug-likeness (QED) is 0.496. The van der Waals surface area contributed by atoms with Gasteiger partial charge in [-0.1, -0.05) is 36.4 Å². The Kier molecular flexibility index (Phi) is 4.72. The first-order valence-corrected chi connectivity index (χ1v) is 8.90. The average molecular weight is 403 g/mol. The second-order valence-corrected chi connectivity index (χ2v) is 6.34. The number of nitrogens with two attached hydrogens (primary N) is 1. The Morgan fingerprint density at radius 1 is 0.967 bits per heavy atom. The maximum atomic E-state index is 13.2. The highest BCUT2D eigenvalue weighted by molar-refractivity contribution is 5.96. The molecular formula is C20H17N7O3. The molecule has 2 heterocycles. The van der Waals surface area contributed by atoms with Gasteiger partial charge in [-0.15, -0.1) is 10.2 Å². The maximum absolute atomic E-state index is 13.2.